The molecule has 1 N–H and O–H groups in total. The van der Waals surface area contributed by atoms with E-state index in [1.165, 1.54) is 0 Å². The lowest BCUT2D eigenvalue weighted by atomic mass is 10.0. The van der Waals surface area contributed by atoms with Crippen molar-refractivity contribution in [3.05, 3.63) is 34.3 Å². The number of aliphatic carboxylic acids is 1. The maximum absolute atomic E-state index is 12.8. The van der Waals surface area contributed by atoms with E-state index in [9.17, 15) is 27.0 Å². The van der Waals surface area contributed by atoms with E-state index < -0.39 is 39.8 Å². The molecule has 1 amide bonds. The summed E-state index contributed by atoms with van der Waals surface area (Å²) in [6.45, 7) is -0.0739. The lowest BCUT2D eigenvalue weighted by molar-refractivity contribution is -0.148. The predicted octanol–water partition coefficient (Wildman–Crippen LogP) is 1.59. The minimum absolute atomic E-state index is 0.0739. The quantitative estimate of drug-likeness (QED) is 0.722. The lowest BCUT2D eigenvalue weighted by Gasteiger charge is -2.24. The van der Waals surface area contributed by atoms with Crippen LogP contribution in [0.25, 0.3) is 0 Å². The molecule has 23 heavy (non-hydrogen) atoms. The van der Waals surface area contributed by atoms with Gasteiger partial charge in [0.15, 0.2) is 0 Å². The molecule has 1 heterocycles. The first kappa shape index (κ1) is 17.9. The molecular weight excluding hydrogens is 393 g/mol. The molecule has 9 heteroatoms. The summed E-state index contributed by atoms with van der Waals surface area (Å²) in [6.07, 6.45) is -0.0588. The third kappa shape index (κ3) is 5.00. The summed E-state index contributed by atoms with van der Waals surface area (Å²) in [7, 11) is -4.70. The first-order valence-corrected chi connectivity index (χ1v) is 9.19. The van der Waals surface area contributed by atoms with Crippen molar-refractivity contribution in [2.75, 3.05) is 12.3 Å². The highest BCUT2D eigenvalue weighted by molar-refractivity contribution is 9.10. The van der Waals surface area contributed by atoms with Gasteiger partial charge in [-0.15, -0.1) is 3.89 Å². The van der Waals surface area contributed by atoms with Crippen molar-refractivity contribution in [2.45, 2.75) is 18.9 Å². The summed E-state index contributed by atoms with van der Waals surface area (Å²) in [5.74, 6) is -3.13. The molecule has 1 aliphatic rings. The summed E-state index contributed by atoms with van der Waals surface area (Å²) in [5.41, 5.74) is 0.731. The molecule has 1 aromatic carbocycles. The minimum atomic E-state index is -4.70. The van der Waals surface area contributed by atoms with E-state index in [4.69, 9.17) is 0 Å². The molecule has 0 radical (unpaired) electrons. The number of carboxylic acid groups (broad SMARTS) is 1. The molecule has 1 fully saturated rings. The highest BCUT2D eigenvalue weighted by Gasteiger charge is 2.39. The van der Waals surface area contributed by atoms with Crippen molar-refractivity contribution in [1.29, 1.82) is 0 Å². The van der Waals surface area contributed by atoms with Crippen molar-refractivity contribution in [2.24, 2.45) is 5.92 Å². The smallest absolute Gasteiger partial charge is 0.326 e. The second-order valence-electron chi connectivity index (χ2n) is 5.51. The molecule has 126 valence electrons. The average molecular weight is 408 g/mol. The Morgan fingerprint density at radius 2 is 2.00 bits per heavy atom. The number of halogens is 2. The van der Waals surface area contributed by atoms with Crippen LogP contribution in [0, 0.1) is 5.92 Å². The second kappa shape index (κ2) is 6.96. The van der Waals surface area contributed by atoms with Crippen molar-refractivity contribution in [3.63, 3.8) is 0 Å². The monoisotopic (exact) mass is 407 g/mol. The molecule has 1 saturated heterocycles. The fraction of sp³-hybridized carbons (Fsp3) is 0.429. The van der Waals surface area contributed by atoms with Crippen molar-refractivity contribution in [1.82, 2.24) is 4.90 Å². The van der Waals surface area contributed by atoms with Crippen molar-refractivity contribution >= 4 is 38.0 Å². The summed E-state index contributed by atoms with van der Waals surface area (Å²) in [5, 5.41) is 9.39. The van der Waals surface area contributed by atoms with E-state index >= 15 is 0 Å². The van der Waals surface area contributed by atoms with E-state index in [1.54, 1.807) is 24.3 Å². The Bertz CT molecular complexity index is 706. The maximum Gasteiger partial charge on any atom is 0.326 e. The standard InChI is InChI=1S/C14H15BrFNO5S/c15-11-3-1-9(2-4-11)5-12(14(19)20)17-7-10(6-13(17)18)8-23(16,21)22/h1-4,10,12H,5-8H2,(H,19,20). The van der Waals surface area contributed by atoms with Gasteiger partial charge in [0.1, 0.15) is 6.04 Å². The molecular formula is C14H15BrFNO5S. The number of likely N-dealkylation sites (tertiary alicyclic amines) is 1. The number of rotatable bonds is 6. The van der Waals surface area contributed by atoms with Gasteiger partial charge in [-0.2, -0.15) is 8.42 Å². The zero-order valence-electron chi connectivity index (χ0n) is 12.0. The third-order valence-electron chi connectivity index (χ3n) is 3.68. The van der Waals surface area contributed by atoms with Crippen LogP contribution in [-0.4, -0.2) is 48.6 Å². The van der Waals surface area contributed by atoms with Gasteiger partial charge in [0.2, 0.25) is 5.91 Å². The van der Waals surface area contributed by atoms with Gasteiger partial charge < -0.3 is 10.0 Å². The van der Waals surface area contributed by atoms with Gasteiger partial charge in [0.25, 0.3) is 0 Å². The van der Waals surface area contributed by atoms with Gasteiger partial charge >= 0.3 is 16.2 Å². The molecule has 6 nitrogen and oxygen atoms in total. The van der Waals surface area contributed by atoms with E-state index in [0.29, 0.717) is 0 Å². The van der Waals surface area contributed by atoms with Gasteiger partial charge in [-0.25, -0.2) is 4.79 Å². The van der Waals surface area contributed by atoms with Crippen LogP contribution < -0.4 is 0 Å². The number of carbonyl (C=O) groups excluding carboxylic acids is 1. The first-order chi connectivity index (χ1) is 10.7. The second-order valence-corrected chi connectivity index (χ2v) is 7.83. The van der Waals surface area contributed by atoms with E-state index in [0.717, 1.165) is 14.9 Å². The Hall–Kier alpha value is -1.48. The van der Waals surface area contributed by atoms with Gasteiger partial charge in [0.05, 0.1) is 5.75 Å². The van der Waals surface area contributed by atoms with Gasteiger partial charge in [-0.05, 0) is 17.7 Å². The summed E-state index contributed by atoms with van der Waals surface area (Å²) < 4.78 is 35.0. The SMILES string of the molecule is O=C(O)C(Cc1ccc(Br)cc1)N1CC(CS(=O)(=O)F)CC1=O. The summed E-state index contributed by atoms with van der Waals surface area (Å²) in [4.78, 5) is 24.6. The number of amides is 1. The highest BCUT2D eigenvalue weighted by Crippen LogP contribution is 2.24. The van der Waals surface area contributed by atoms with Gasteiger partial charge in [0, 0.05) is 29.8 Å². The minimum Gasteiger partial charge on any atom is -0.480 e. The molecule has 0 aromatic heterocycles. The molecule has 0 spiro atoms. The first-order valence-electron chi connectivity index (χ1n) is 6.85. The largest absolute Gasteiger partial charge is 0.480 e. The Balaban J connectivity index is 2.13. The molecule has 0 saturated carbocycles. The van der Waals surface area contributed by atoms with Crippen LogP contribution in [0.1, 0.15) is 12.0 Å². The molecule has 2 rings (SSSR count). The predicted molar refractivity (Wildman–Crippen MR) is 84.0 cm³/mol. The van der Waals surface area contributed by atoms with Gasteiger partial charge in [-0.1, -0.05) is 28.1 Å². The normalized spacial score (nSPS) is 19.8. The number of hydrogen-bond acceptors (Lipinski definition) is 4. The Morgan fingerprint density at radius 3 is 2.52 bits per heavy atom. The number of hydrogen-bond donors (Lipinski definition) is 1. The van der Waals surface area contributed by atoms with Crippen LogP contribution in [0.3, 0.4) is 0 Å². The van der Waals surface area contributed by atoms with Crippen LogP contribution in [0.4, 0.5) is 3.89 Å². The molecule has 2 unspecified atom stereocenters. The van der Waals surface area contributed by atoms with Gasteiger partial charge in [-0.3, -0.25) is 4.79 Å². The average Bonchev–Trinajstić information content (AvgIpc) is 2.76. The van der Waals surface area contributed by atoms with E-state index in [2.05, 4.69) is 15.9 Å². The molecule has 1 aliphatic heterocycles. The van der Waals surface area contributed by atoms with E-state index in [-0.39, 0.29) is 19.4 Å². The fourth-order valence-corrected chi connectivity index (χ4v) is 3.73. The Morgan fingerprint density at radius 1 is 1.39 bits per heavy atom. The molecule has 1 aromatic rings. The maximum atomic E-state index is 12.8. The number of nitrogens with zero attached hydrogens (tertiary/aromatic N) is 1. The zero-order chi connectivity index (χ0) is 17.2. The van der Waals surface area contributed by atoms with Crippen LogP contribution in [-0.2, 0) is 26.2 Å². The van der Waals surface area contributed by atoms with Crippen molar-refractivity contribution in [3.8, 4) is 0 Å². The number of carboxylic acids is 1. The van der Waals surface area contributed by atoms with Crippen LogP contribution in [0.5, 0.6) is 0 Å². The molecule has 0 aliphatic carbocycles. The Labute approximate surface area is 141 Å². The number of carbonyl (C=O) groups is 2. The van der Waals surface area contributed by atoms with E-state index in [1.807, 2.05) is 0 Å². The zero-order valence-corrected chi connectivity index (χ0v) is 14.4. The molecule has 0 bridgehead atoms. The van der Waals surface area contributed by atoms with Crippen LogP contribution in [0.2, 0.25) is 0 Å². The number of benzene rings is 1. The molecule has 2 atom stereocenters. The summed E-state index contributed by atoms with van der Waals surface area (Å²) >= 11 is 3.28. The Kier molecular flexibility index (Phi) is 5.41. The third-order valence-corrected chi connectivity index (χ3v) is 5.08. The lowest BCUT2D eigenvalue weighted by Crippen LogP contribution is -2.43. The summed E-state index contributed by atoms with van der Waals surface area (Å²) in [6, 6.07) is 5.90. The topological polar surface area (TPSA) is 91.8 Å². The van der Waals surface area contributed by atoms with Crippen LogP contribution >= 0.6 is 15.9 Å². The highest BCUT2D eigenvalue weighted by atomic mass is 79.9. The van der Waals surface area contributed by atoms with Crippen LogP contribution in [0.15, 0.2) is 28.7 Å². The fourth-order valence-electron chi connectivity index (χ4n) is 2.68. The van der Waals surface area contributed by atoms with Crippen molar-refractivity contribution < 1.29 is 27.0 Å².